The van der Waals surface area contributed by atoms with Gasteiger partial charge in [0.1, 0.15) is 18.7 Å². The Morgan fingerprint density at radius 2 is 2.00 bits per heavy atom. The van der Waals surface area contributed by atoms with Crippen LogP contribution in [0.2, 0.25) is 0 Å². The molecular weight excluding hydrogens is 431 g/mol. The molecule has 1 aromatic carbocycles. The first-order chi connectivity index (χ1) is 16.3. The highest BCUT2D eigenvalue weighted by Crippen LogP contribution is 2.19. The molecule has 1 aliphatic heterocycles. The van der Waals surface area contributed by atoms with Gasteiger partial charge in [-0.25, -0.2) is 0 Å². The average molecular weight is 466 g/mol. The summed E-state index contributed by atoms with van der Waals surface area (Å²) >= 11 is 0. The molecule has 1 heterocycles. The largest absolute Gasteiger partial charge is 0.363 e. The molecule has 1 fully saturated rings. The summed E-state index contributed by atoms with van der Waals surface area (Å²) in [6.07, 6.45) is 7.33. The van der Waals surface area contributed by atoms with Crippen LogP contribution >= 0.6 is 0 Å². The highest BCUT2D eigenvalue weighted by Gasteiger charge is 2.37. The molecule has 0 unspecified atom stereocenters. The molecule has 0 aromatic heterocycles. The van der Waals surface area contributed by atoms with Gasteiger partial charge in [0.05, 0.1) is 6.10 Å². The van der Waals surface area contributed by atoms with E-state index in [0.29, 0.717) is 13.1 Å². The Kier molecular flexibility index (Phi) is 11.1. The van der Waals surface area contributed by atoms with Crippen LogP contribution in [0.4, 0.5) is 4.79 Å². The normalized spacial score (nSPS) is 17.9. The Morgan fingerprint density at radius 3 is 2.65 bits per heavy atom. The minimum atomic E-state index is -0.936. The zero-order valence-corrected chi connectivity index (χ0v) is 20.3. The van der Waals surface area contributed by atoms with Gasteiger partial charge >= 0.3 is 0 Å². The molecule has 8 nitrogen and oxygen atoms in total. The third kappa shape index (κ3) is 7.89. The number of benzene rings is 1. The van der Waals surface area contributed by atoms with Crippen LogP contribution < -0.4 is 10.6 Å². The van der Waals surface area contributed by atoms with Crippen LogP contribution in [0.1, 0.15) is 32.3 Å². The number of carbonyl (C=O) groups excluding carboxylic acids is 3. The molecule has 2 radical (unpaired) electrons. The summed E-state index contributed by atoms with van der Waals surface area (Å²) in [6.45, 7) is 5.34. The number of hydrogen-bond donors (Lipinski definition) is 2. The quantitative estimate of drug-likeness (QED) is 0.272. The Hall–Kier alpha value is -2.83. The number of ether oxygens (including phenoxy) is 1. The number of rotatable bonds is 12. The molecule has 34 heavy (non-hydrogen) atoms. The van der Waals surface area contributed by atoms with E-state index in [1.807, 2.05) is 18.2 Å². The van der Waals surface area contributed by atoms with Crippen LogP contribution in [0.3, 0.4) is 0 Å². The van der Waals surface area contributed by atoms with E-state index in [1.165, 1.54) is 12.6 Å². The lowest BCUT2D eigenvalue weighted by Crippen LogP contribution is -2.59. The fraction of sp³-hybridized carbons (Fsp3) is 0.560. The summed E-state index contributed by atoms with van der Waals surface area (Å²) in [7, 11) is 6.71. The summed E-state index contributed by atoms with van der Waals surface area (Å²) in [5, 5.41) is 6.21. The van der Waals surface area contributed by atoms with Gasteiger partial charge in [-0.05, 0) is 45.2 Å². The lowest BCUT2D eigenvalue weighted by atomic mass is 10.1. The Labute approximate surface area is 204 Å². The molecule has 9 heteroatoms. The van der Waals surface area contributed by atoms with Crippen molar-refractivity contribution in [1.29, 1.82) is 0 Å². The summed E-state index contributed by atoms with van der Waals surface area (Å²) in [4.78, 5) is 40.7. The van der Waals surface area contributed by atoms with Crippen LogP contribution in [0.15, 0.2) is 30.3 Å². The Balaban J connectivity index is 2.02. The van der Waals surface area contributed by atoms with E-state index in [0.717, 1.165) is 30.7 Å². The van der Waals surface area contributed by atoms with Crippen molar-refractivity contribution in [1.82, 2.24) is 20.4 Å². The second-order valence-electron chi connectivity index (χ2n) is 8.60. The van der Waals surface area contributed by atoms with Crippen LogP contribution in [-0.2, 0) is 20.7 Å². The maximum Gasteiger partial charge on any atom is 0.248 e. The molecule has 0 saturated carbocycles. The first-order valence-electron chi connectivity index (χ1n) is 11.7. The molecule has 3 amide bonds. The van der Waals surface area contributed by atoms with Gasteiger partial charge in [0, 0.05) is 26.2 Å². The molecule has 0 aliphatic carbocycles. The maximum atomic E-state index is 13.5. The molecule has 0 bridgehead atoms. The minimum absolute atomic E-state index is 0.0159. The molecule has 1 aromatic rings. The van der Waals surface area contributed by atoms with Gasteiger partial charge in [-0.2, -0.15) is 0 Å². The summed E-state index contributed by atoms with van der Waals surface area (Å²) in [5.41, 5.74) is 1.26. The van der Waals surface area contributed by atoms with Crippen molar-refractivity contribution >= 4 is 25.5 Å². The van der Waals surface area contributed by atoms with Crippen molar-refractivity contribution < 1.29 is 19.1 Å². The Bertz CT molecular complexity index is 860. The number of nitrogens with one attached hydrogen (secondary N) is 2. The van der Waals surface area contributed by atoms with E-state index in [2.05, 4.69) is 28.7 Å². The second kappa shape index (κ2) is 13.8. The molecule has 4 atom stereocenters. The van der Waals surface area contributed by atoms with Crippen molar-refractivity contribution in [2.75, 3.05) is 33.3 Å². The lowest BCUT2D eigenvalue weighted by Gasteiger charge is -2.33. The average Bonchev–Trinajstić information content (AvgIpc) is 3.31. The number of nitrogens with zero attached hydrogens (tertiary/aromatic N) is 2. The third-order valence-electron chi connectivity index (χ3n) is 6.24. The zero-order valence-electron chi connectivity index (χ0n) is 20.3. The number of terminal acetylenes is 1. The SMILES string of the molecule is [B]C(=O)N(C)[C@@H](C)C(=O)N[C@H](C(=O)N1CCC[C@H]1CNCCc1ccccc1)[C@@H](C)OCC#C. The van der Waals surface area contributed by atoms with Crippen molar-refractivity contribution in [2.45, 2.75) is 57.3 Å². The predicted molar refractivity (Wildman–Crippen MR) is 132 cm³/mol. The van der Waals surface area contributed by atoms with Crippen LogP contribution in [-0.4, -0.2) is 92.8 Å². The monoisotopic (exact) mass is 466 g/mol. The predicted octanol–water partition coefficient (Wildman–Crippen LogP) is 0.942. The van der Waals surface area contributed by atoms with Gasteiger partial charge in [-0.15, -0.1) is 6.42 Å². The maximum absolute atomic E-state index is 13.5. The fourth-order valence-electron chi connectivity index (χ4n) is 3.96. The van der Waals surface area contributed by atoms with Crippen molar-refractivity contribution in [2.24, 2.45) is 0 Å². The van der Waals surface area contributed by atoms with Gasteiger partial charge in [0.2, 0.25) is 19.7 Å². The first-order valence-corrected chi connectivity index (χ1v) is 11.7. The summed E-state index contributed by atoms with van der Waals surface area (Å²) in [6, 6.07) is 8.46. The van der Waals surface area contributed by atoms with Crippen LogP contribution in [0.5, 0.6) is 0 Å². The van der Waals surface area contributed by atoms with E-state index < -0.39 is 29.9 Å². The standard InChI is InChI=1S/C25H35BN4O4/c1-5-16-34-19(3)22(28-23(31)18(2)29(4)25(26)33)24(32)30-15-9-12-21(30)17-27-14-13-20-10-7-6-8-11-20/h1,6-8,10-11,18-19,21-22,27H,9,12-17H2,2-4H3,(H,28,31)/t18-,19+,21-,22-/m0/s1. The van der Waals surface area contributed by atoms with Crippen molar-refractivity contribution in [3.05, 3.63) is 35.9 Å². The molecule has 1 saturated heterocycles. The minimum Gasteiger partial charge on any atom is -0.363 e. The molecule has 0 spiro atoms. The van der Waals surface area contributed by atoms with E-state index in [-0.39, 0.29) is 18.6 Å². The number of likely N-dealkylation sites (tertiary alicyclic amines) is 1. The molecular formula is C25H35BN4O4. The van der Waals surface area contributed by atoms with Crippen LogP contribution in [0.25, 0.3) is 0 Å². The Morgan fingerprint density at radius 1 is 1.29 bits per heavy atom. The van der Waals surface area contributed by atoms with E-state index in [4.69, 9.17) is 19.0 Å². The summed E-state index contributed by atoms with van der Waals surface area (Å²) < 4.78 is 5.59. The highest BCUT2D eigenvalue weighted by atomic mass is 16.5. The number of carbonyl (C=O) groups is 3. The molecule has 1 aliphatic rings. The van der Waals surface area contributed by atoms with E-state index in [9.17, 15) is 14.4 Å². The van der Waals surface area contributed by atoms with Gasteiger partial charge in [-0.3, -0.25) is 14.4 Å². The zero-order chi connectivity index (χ0) is 25.1. The van der Waals surface area contributed by atoms with Gasteiger partial charge in [0.25, 0.3) is 0 Å². The smallest absolute Gasteiger partial charge is 0.248 e. The molecule has 2 N–H and O–H groups in total. The van der Waals surface area contributed by atoms with Crippen molar-refractivity contribution in [3.8, 4) is 12.3 Å². The molecule has 182 valence electrons. The van der Waals surface area contributed by atoms with Gasteiger partial charge in [0.15, 0.2) is 5.81 Å². The third-order valence-corrected chi connectivity index (χ3v) is 6.24. The number of likely N-dealkylation sites (N-methyl/N-ethyl adjacent to an activating group) is 1. The lowest BCUT2D eigenvalue weighted by molar-refractivity contribution is -0.141. The highest BCUT2D eigenvalue weighted by molar-refractivity contribution is 6.57. The first kappa shape index (κ1) is 27.4. The van der Waals surface area contributed by atoms with Crippen LogP contribution in [0, 0.1) is 12.3 Å². The van der Waals surface area contributed by atoms with E-state index >= 15 is 0 Å². The van der Waals surface area contributed by atoms with Crippen molar-refractivity contribution in [3.63, 3.8) is 0 Å². The van der Waals surface area contributed by atoms with Gasteiger partial charge < -0.3 is 25.2 Å². The van der Waals surface area contributed by atoms with E-state index in [1.54, 1.807) is 18.7 Å². The number of hydrogen-bond acceptors (Lipinski definition) is 5. The second-order valence-corrected chi connectivity index (χ2v) is 8.60. The number of amides is 3. The topological polar surface area (TPSA) is 91.0 Å². The van der Waals surface area contributed by atoms with Gasteiger partial charge in [-0.1, -0.05) is 36.3 Å². The molecule has 2 rings (SSSR count). The summed E-state index contributed by atoms with van der Waals surface area (Å²) in [5.74, 6) is 0.939. The fourth-order valence-corrected chi connectivity index (χ4v) is 3.96.